The number of carbonyl (C=O) groups is 1. The van der Waals surface area contributed by atoms with Crippen LogP contribution in [-0.4, -0.2) is 28.0 Å². The number of anilines is 1. The van der Waals surface area contributed by atoms with Crippen LogP contribution in [0, 0.1) is 12.7 Å². The van der Waals surface area contributed by atoms with Crippen molar-refractivity contribution in [3.05, 3.63) is 82.2 Å². The maximum atomic E-state index is 14.3. The lowest BCUT2D eigenvalue weighted by Crippen LogP contribution is -2.18. The van der Waals surface area contributed by atoms with Gasteiger partial charge < -0.3 is 15.0 Å². The van der Waals surface area contributed by atoms with Crippen molar-refractivity contribution in [3.8, 4) is 17.0 Å². The minimum Gasteiger partial charge on any atom is -0.497 e. The number of hydrogen-bond acceptors (Lipinski definition) is 5. The van der Waals surface area contributed by atoms with Crippen molar-refractivity contribution >= 4 is 22.6 Å². The maximum Gasteiger partial charge on any atom is 0.257 e. The second-order valence-electron chi connectivity index (χ2n) is 6.69. The molecule has 2 aromatic heterocycles. The number of carbonyl (C=O) groups excluding carboxylic acids is 1. The first-order valence-electron chi connectivity index (χ1n) is 9.05. The smallest absolute Gasteiger partial charge is 0.257 e. The van der Waals surface area contributed by atoms with Crippen LogP contribution in [0.5, 0.6) is 5.75 Å². The first kappa shape index (κ1) is 19.3. The van der Waals surface area contributed by atoms with Gasteiger partial charge in [-0.05, 0) is 48.9 Å². The zero-order valence-electron chi connectivity index (χ0n) is 16.2. The highest BCUT2D eigenvalue weighted by Gasteiger charge is 2.16. The standard InChI is InChI=1S/C22H17FN4O3/c1-12-7-15-16(9-20(28)27-21(15)17(23)8-12)22(29)26-19-10-18(24-11-25-19)13-3-5-14(30-2)6-4-13/h3-11H,1-2H3,(H,27,28)(H,24,25,26,29). The summed E-state index contributed by atoms with van der Waals surface area (Å²) in [5, 5.41) is 2.97. The number of ether oxygens (including phenoxy) is 1. The molecule has 0 saturated carbocycles. The number of aromatic nitrogens is 3. The summed E-state index contributed by atoms with van der Waals surface area (Å²) in [7, 11) is 1.58. The highest BCUT2D eigenvalue weighted by Crippen LogP contribution is 2.23. The molecule has 0 fully saturated rings. The summed E-state index contributed by atoms with van der Waals surface area (Å²) in [5.41, 5.74) is 1.51. The third-order valence-corrected chi connectivity index (χ3v) is 4.59. The van der Waals surface area contributed by atoms with E-state index in [4.69, 9.17) is 4.74 Å². The first-order valence-corrected chi connectivity index (χ1v) is 9.05. The zero-order chi connectivity index (χ0) is 21.3. The van der Waals surface area contributed by atoms with Gasteiger partial charge in [0, 0.05) is 23.1 Å². The number of nitrogens with one attached hydrogen (secondary N) is 2. The fourth-order valence-electron chi connectivity index (χ4n) is 3.17. The van der Waals surface area contributed by atoms with Crippen LogP contribution in [0.25, 0.3) is 22.2 Å². The van der Waals surface area contributed by atoms with Crippen molar-refractivity contribution in [3.63, 3.8) is 0 Å². The summed E-state index contributed by atoms with van der Waals surface area (Å²) >= 11 is 0. The summed E-state index contributed by atoms with van der Waals surface area (Å²) in [6.45, 7) is 1.71. The van der Waals surface area contributed by atoms with Gasteiger partial charge in [0.15, 0.2) is 0 Å². The summed E-state index contributed by atoms with van der Waals surface area (Å²) in [6.07, 6.45) is 1.33. The Kier molecular flexibility index (Phi) is 4.97. The van der Waals surface area contributed by atoms with Gasteiger partial charge in [0.1, 0.15) is 23.7 Å². The minimum atomic E-state index is -0.597. The lowest BCUT2D eigenvalue weighted by atomic mass is 10.1. The van der Waals surface area contributed by atoms with E-state index < -0.39 is 17.3 Å². The molecule has 2 N–H and O–H groups in total. The molecule has 0 unspecified atom stereocenters. The van der Waals surface area contributed by atoms with Crippen molar-refractivity contribution < 1.29 is 13.9 Å². The van der Waals surface area contributed by atoms with Gasteiger partial charge in [-0.25, -0.2) is 14.4 Å². The largest absolute Gasteiger partial charge is 0.497 e. The Bertz CT molecular complexity index is 1320. The van der Waals surface area contributed by atoms with Crippen LogP contribution in [0.4, 0.5) is 10.2 Å². The number of pyridine rings is 1. The van der Waals surface area contributed by atoms with Gasteiger partial charge in [0.2, 0.25) is 5.56 Å². The van der Waals surface area contributed by atoms with Crippen LogP contribution >= 0.6 is 0 Å². The molecule has 0 saturated heterocycles. The average Bonchev–Trinajstić information content (AvgIpc) is 2.74. The van der Waals surface area contributed by atoms with E-state index in [-0.39, 0.29) is 16.9 Å². The van der Waals surface area contributed by atoms with Crippen LogP contribution in [0.1, 0.15) is 15.9 Å². The number of halogens is 1. The molecule has 0 spiro atoms. The molecule has 8 heteroatoms. The molecule has 1 amide bonds. The van der Waals surface area contributed by atoms with Gasteiger partial charge in [0.05, 0.1) is 23.9 Å². The predicted molar refractivity (Wildman–Crippen MR) is 111 cm³/mol. The van der Waals surface area contributed by atoms with Crippen LogP contribution in [0.3, 0.4) is 0 Å². The van der Waals surface area contributed by atoms with Gasteiger partial charge in [-0.15, -0.1) is 0 Å². The quantitative estimate of drug-likeness (QED) is 0.541. The van der Waals surface area contributed by atoms with E-state index >= 15 is 0 Å². The number of hydrogen-bond donors (Lipinski definition) is 2. The lowest BCUT2D eigenvalue weighted by molar-refractivity contribution is 0.102. The maximum absolute atomic E-state index is 14.3. The Hall–Kier alpha value is -4.07. The van der Waals surface area contributed by atoms with Gasteiger partial charge in [-0.1, -0.05) is 0 Å². The summed E-state index contributed by atoms with van der Waals surface area (Å²) in [4.78, 5) is 35.6. The molecule has 4 rings (SSSR count). The van der Waals surface area contributed by atoms with E-state index in [1.807, 2.05) is 12.1 Å². The van der Waals surface area contributed by atoms with Gasteiger partial charge in [0.25, 0.3) is 5.91 Å². The Morgan fingerprint density at radius 3 is 2.60 bits per heavy atom. The number of benzene rings is 2. The Labute approximate surface area is 170 Å². The lowest BCUT2D eigenvalue weighted by Gasteiger charge is -2.10. The van der Waals surface area contributed by atoms with Crippen LogP contribution < -0.4 is 15.6 Å². The molecule has 0 bridgehead atoms. The number of H-pyrrole nitrogens is 1. The second kappa shape index (κ2) is 7.75. The molecule has 7 nitrogen and oxygen atoms in total. The highest BCUT2D eigenvalue weighted by molar-refractivity contribution is 6.12. The monoisotopic (exact) mass is 404 g/mol. The van der Waals surface area contributed by atoms with E-state index in [9.17, 15) is 14.0 Å². The molecule has 4 aromatic rings. The molecule has 0 atom stereocenters. The molecule has 150 valence electrons. The topological polar surface area (TPSA) is 97.0 Å². The number of methoxy groups -OCH3 is 1. The Balaban J connectivity index is 1.69. The SMILES string of the molecule is COc1ccc(-c2cc(NC(=O)c3cc(=O)[nH]c4c(F)cc(C)cc34)ncn2)cc1. The normalized spacial score (nSPS) is 10.8. The number of aryl methyl sites for hydroxylation is 1. The number of aromatic amines is 1. The second-order valence-corrected chi connectivity index (χ2v) is 6.69. The van der Waals surface area contributed by atoms with Crippen molar-refractivity contribution in [1.29, 1.82) is 0 Å². The van der Waals surface area contributed by atoms with E-state index in [1.165, 1.54) is 12.4 Å². The zero-order valence-corrected chi connectivity index (χ0v) is 16.2. The van der Waals surface area contributed by atoms with E-state index in [2.05, 4.69) is 20.3 Å². The number of nitrogens with zero attached hydrogens (tertiary/aromatic N) is 2. The fourth-order valence-corrected chi connectivity index (χ4v) is 3.17. The van der Waals surface area contributed by atoms with E-state index in [1.54, 1.807) is 38.3 Å². The molecule has 0 aliphatic rings. The Morgan fingerprint density at radius 2 is 1.87 bits per heavy atom. The van der Waals surface area contributed by atoms with E-state index in [0.29, 0.717) is 22.4 Å². The molecule has 0 radical (unpaired) electrons. The van der Waals surface area contributed by atoms with E-state index in [0.717, 1.165) is 11.6 Å². The van der Waals surface area contributed by atoms with Crippen molar-refractivity contribution in [1.82, 2.24) is 15.0 Å². The predicted octanol–water partition coefficient (Wildman–Crippen LogP) is 3.69. The average molecular weight is 404 g/mol. The minimum absolute atomic E-state index is 0.0140. The van der Waals surface area contributed by atoms with Crippen molar-refractivity contribution in [2.45, 2.75) is 6.92 Å². The molecule has 30 heavy (non-hydrogen) atoms. The molecular formula is C22H17FN4O3. The van der Waals surface area contributed by atoms with Gasteiger partial charge in [-0.2, -0.15) is 0 Å². The summed E-state index contributed by atoms with van der Waals surface area (Å²) in [6, 6.07) is 13.0. The number of amides is 1. The molecule has 0 aliphatic carbocycles. The molecule has 2 heterocycles. The number of rotatable bonds is 4. The molecule has 0 aliphatic heterocycles. The molecular weight excluding hydrogens is 387 g/mol. The van der Waals surface area contributed by atoms with Gasteiger partial charge >= 0.3 is 0 Å². The van der Waals surface area contributed by atoms with Crippen molar-refractivity contribution in [2.24, 2.45) is 0 Å². The van der Waals surface area contributed by atoms with Crippen LogP contribution in [-0.2, 0) is 0 Å². The first-order chi connectivity index (χ1) is 14.4. The highest BCUT2D eigenvalue weighted by atomic mass is 19.1. The fraction of sp³-hybridized carbons (Fsp3) is 0.0909. The third-order valence-electron chi connectivity index (χ3n) is 4.59. The van der Waals surface area contributed by atoms with Crippen LogP contribution in [0.2, 0.25) is 0 Å². The number of fused-ring (bicyclic) bond motifs is 1. The third kappa shape index (κ3) is 3.75. The summed E-state index contributed by atoms with van der Waals surface area (Å²) in [5.74, 6) is -0.205. The Morgan fingerprint density at radius 1 is 1.10 bits per heavy atom. The van der Waals surface area contributed by atoms with Crippen LogP contribution in [0.15, 0.2) is 59.7 Å². The van der Waals surface area contributed by atoms with Gasteiger partial charge in [-0.3, -0.25) is 9.59 Å². The summed E-state index contributed by atoms with van der Waals surface area (Å²) < 4.78 is 19.4. The van der Waals surface area contributed by atoms with Crippen molar-refractivity contribution in [2.75, 3.05) is 12.4 Å². The molecule has 2 aromatic carbocycles.